The van der Waals surface area contributed by atoms with Crippen LogP contribution in [-0.2, 0) is 9.84 Å². The van der Waals surface area contributed by atoms with Gasteiger partial charge in [0.15, 0.2) is 9.84 Å². The maximum absolute atomic E-state index is 12.7. The van der Waals surface area contributed by atoms with Crippen molar-refractivity contribution in [3.05, 3.63) is 29.8 Å². The molecule has 0 aliphatic carbocycles. The van der Waals surface area contributed by atoms with Crippen LogP contribution in [0.25, 0.3) is 0 Å². The maximum atomic E-state index is 12.7. The molecule has 1 rings (SSSR count). The van der Waals surface area contributed by atoms with Gasteiger partial charge >= 0.3 is 0 Å². The quantitative estimate of drug-likeness (QED) is 0.777. The number of pyridine rings is 1. The van der Waals surface area contributed by atoms with Crippen LogP contribution in [-0.4, -0.2) is 37.4 Å². The van der Waals surface area contributed by atoms with Crippen molar-refractivity contribution in [3.63, 3.8) is 0 Å². The van der Waals surface area contributed by atoms with E-state index >= 15 is 0 Å². The molecule has 0 fully saturated rings. The normalized spacial score (nSPS) is 11.2. The van der Waals surface area contributed by atoms with Crippen molar-refractivity contribution in [2.24, 2.45) is 0 Å². The summed E-state index contributed by atoms with van der Waals surface area (Å²) in [5, 5.41) is 2.40. The molecule has 94 valence electrons. The summed E-state index contributed by atoms with van der Waals surface area (Å²) in [5.41, 5.74) is 0.117. The Morgan fingerprint density at radius 2 is 2.24 bits per heavy atom. The number of hydrogen-bond acceptors (Lipinski definition) is 4. The topological polar surface area (TPSA) is 76.1 Å². The van der Waals surface area contributed by atoms with Gasteiger partial charge in [0.1, 0.15) is 0 Å². The van der Waals surface area contributed by atoms with Gasteiger partial charge in [-0.3, -0.25) is 4.79 Å². The van der Waals surface area contributed by atoms with Crippen molar-refractivity contribution in [1.29, 1.82) is 0 Å². The minimum atomic E-state index is -3.11. The number of rotatable bonds is 5. The van der Waals surface area contributed by atoms with Gasteiger partial charge in [-0.05, 0) is 6.07 Å². The van der Waals surface area contributed by atoms with Gasteiger partial charge in [0.25, 0.3) is 5.91 Å². The van der Waals surface area contributed by atoms with Crippen LogP contribution in [0.3, 0.4) is 0 Å². The van der Waals surface area contributed by atoms with Crippen LogP contribution in [0, 0.1) is 5.95 Å². The third kappa shape index (κ3) is 4.48. The van der Waals surface area contributed by atoms with E-state index in [0.29, 0.717) is 0 Å². The van der Waals surface area contributed by atoms with E-state index in [1.54, 1.807) is 0 Å². The minimum Gasteiger partial charge on any atom is -0.351 e. The van der Waals surface area contributed by atoms with Crippen LogP contribution in [0.4, 0.5) is 4.39 Å². The summed E-state index contributed by atoms with van der Waals surface area (Å²) in [4.78, 5) is 14.8. The summed E-state index contributed by atoms with van der Waals surface area (Å²) in [6.07, 6.45) is 1.17. The third-order valence-electron chi connectivity index (χ3n) is 2.13. The van der Waals surface area contributed by atoms with Gasteiger partial charge in [-0.25, -0.2) is 13.4 Å². The number of sulfone groups is 1. The van der Waals surface area contributed by atoms with E-state index in [1.807, 2.05) is 0 Å². The van der Waals surface area contributed by atoms with Gasteiger partial charge in [0.2, 0.25) is 5.95 Å². The molecule has 0 saturated heterocycles. The summed E-state index contributed by atoms with van der Waals surface area (Å²) in [6, 6.07) is 2.34. The fourth-order valence-corrected chi connectivity index (χ4v) is 1.81. The zero-order valence-electron chi connectivity index (χ0n) is 9.31. The van der Waals surface area contributed by atoms with E-state index in [9.17, 15) is 17.6 Å². The first kappa shape index (κ1) is 13.6. The second kappa shape index (κ2) is 5.72. The molecule has 0 bridgehead atoms. The molecule has 0 atom stereocenters. The third-order valence-corrected chi connectivity index (χ3v) is 3.83. The van der Waals surface area contributed by atoms with E-state index < -0.39 is 21.7 Å². The van der Waals surface area contributed by atoms with Crippen molar-refractivity contribution in [3.8, 4) is 0 Å². The molecule has 0 saturated carbocycles. The molecule has 0 aliphatic rings. The number of halogens is 1. The van der Waals surface area contributed by atoms with Crippen molar-refractivity contribution >= 4 is 15.7 Å². The first-order valence-electron chi connectivity index (χ1n) is 5.05. The highest BCUT2D eigenvalue weighted by Gasteiger charge is 2.10. The van der Waals surface area contributed by atoms with Crippen molar-refractivity contribution in [2.75, 3.05) is 18.1 Å². The van der Waals surface area contributed by atoms with Crippen LogP contribution >= 0.6 is 0 Å². The van der Waals surface area contributed by atoms with Crippen LogP contribution in [0.5, 0.6) is 0 Å². The Hall–Kier alpha value is -1.50. The molecule has 1 heterocycles. The molecule has 5 nitrogen and oxygen atoms in total. The first-order chi connectivity index (χ1) is 7.94. The lowest BCUT2D eigenvalue weighted by molar-refractivity contribution is 0.0955. The Kier molecular flexibility index (Phi) is 4.56. The second-order valence-corrected chi connectivity index (χ2v) is 5.83. The Labute approximate surface area is 99.0 Å². The van der Waals surface area contributed by atoms with Crippen molar-refractivity contribution in [2.45, 2.75) is 6.92 Å². The van der Waals surface area contributed by atoms with Crippen molar-refractivity contribution in [1.82, 2.24) is 10.3 Å². The zero-order valence-corrected chi connectivity index (χ0v) is 10.1. The van der Waals surface area contributed by atoms with Gasteiger partial charge in [0.05, 0.1) is 5.75 Å². The van der Waals surface area contributed by atoms with E-state index in [2.05, 4.69) is 10.3 Å². The fourth-order valence-electron chi connectivity index (χ4n) is 1.11. The molecule has 1 amide bonds. The number of carbonyl (C=O) groups excluding carboxylic acids is 1. The van der Waals surface area contributed by atoms with Gasteiger partial charge in [-0.1, -0.05) is 6.92 Å². The lowest BCUT2D eigenvalue weighted by atomic mass is 10.2. The molecule has 1 N–H and O–H groups in total. The van der Waals surface area contributed by atoms with Crippen LogP contribution in [0.15, 0.2) is 18.3 Å². The van der Waals surface area contributed by atoms with Gasteiger partial charge in [0, 0.05) is 30.1 Å². The molecule has 0 aliphatic heterocycles. The number of aromatic nitrogens is 1. The average molecular weight is 260 g/mol. The predicted octanol–water partition coefficient (Wildman–Crippen LogP) is 0.385. The van der Waals surface area contributed by atoms with E-state index in [0.717, 1.165) is 6.07 Å². The number of nitrogens with one attached hydrogen (secondary N) is 1. The first-order valence-corrected chi connectivity index (χ1v) is 6.87. The smallest absolute Gasteiger partial charge is 0.251 e. The SMILES string of the molecule is CCS(=O)(=O)CCNC(=O)c1ccnc(F)c1. The number of amides is 1. The van der Waals surface area contributed by atoms with E-state index in [4.69, 9.17) is 0 Å². The molecule has 0 radical (unpaired) electrons. The lowest BCUT2D eigenvalue weighted by Crippen LogP contribution is -2.29. The molecule has 1 aromatic rings. The number of hydrogen-bond donors (Lipinski definition) is 1. The fraction of sp³-hybridized carbons (Fsp3) is 0.400. The second-order valence-electron chi connectivity index (χ2n) is 3.36. The highest BCUT2D eigenvalue weighted by molar-refractivity contribution is 7.91. The monoisotopic (exact) mass is 260 g/mol. The molecule has 0 aromatic carbocycles. The number of carbonyl (C=O) groups is 1. The Morgan fingerprint density at radius 1 is 1.53 bits per heavy atom. The van der Waals surface area contributed by atoms with E-state index in [-0.39, 0.29) is 23.6 Å². The minimum absolute atomic E-state index is 0.0128. The Morgan fingerprint density at radius 3 is 2.82 bits per heavy atom. The highest BCUT2D eigenvalue weighted by Crippen LogP contribution is 1.99. The van der Waals surface area contributed by atoms with Gasteiger partial charge < -0.3 is 5.32 Å². The molecule has 0 unspecified atom stereocenters. The van der Waals surface area contributed by atoms with Crippen LogP contribution in [0.2, 0.25) is 0 Å². The molecular formula is C10H13FN2O3S. The van der Waals surface area contributed by atoms with Crippen LogP contribution in [0.1, 0.15) is 17.3 Å². The highest BCUT2D eigenvalue weighted by atomic mass is 32.2. The summed E-state index contributed by atoms with van der Waals surface area (Å²) >= 11 is 0. The molecular weight excluding hydrogens is 247 g/mol. The van der Waals surface area contributed by atoms with Gasteiger partial charge in [-0.2, -0.15) is 4.39 Å². The summed E-state index contributed by atoms with van der Waals surface area (Å²) < 4.78 is 35.0. The Bertz CT molecular complexity index is 502. The average Bonchev–Trinajstić information content (AvgIpc) is 2.28. The van der Waals surface area contributed by atoms with Crippen LogP contribution < -0.4 is 5.32 Å². The molecule has 17 heavy (non-hydrogen) atoms. The Balaban J connectivity index is 2.51. The number of nitrogens with zero attached hydrogens (tertiary/aromatic N) is 1. The summed E-state index contributed by atoms with van der Waals surface area (Å²) in [5.74, 6) is -1.35. The standard InChI is InChI=1S/C10H13FN2O3S/c1-2-17(15,16)6-5-13-10(14)8-3-4-12-9(11)7-8/h3-4,7H,2,5-6H2,1H3,(H,13,14). The summed E-state index contributed by atoms with van der Waals surface area (Å²) in [7, 11) is -3.11. The van der Waals surface area contributed by atoms with Gasteiger partial charge in [-0.15, -0.1) is 0 Å². The summed E-state index contributed by atoms with van der Waals surface area (Å²) in [6.45, 7) is 1.55. The zero-order chi connectivity index (χ0) is 12.9. The molecule has 1 aromatic heterocycles. The molecule has 7 heteroatoms. The van der Waals surface area contributed by atoms with E-state index in [1.165, 1.54) is 19.2 Å². The predicted molar refractivity (Wildman–Crippen MR) is 60.9 cm³/mol. The maximum Gasteiger partial charge on any atom is 0.251 e. The lowest BCUT2D eigenvalue weighted by Gasteiger charge is -2.05. The largest absolute Gasteiger partial charge is 0.351 e. The van der Waals surface area contributed by atoms with Crippen molar-refractivity contribution < 1.29 is 17.6 Å². The molecule has 0 spiro atoms.